The van der Waals surface area contributed by atoms with E-state index in [-0.39, 0.29) is 0 Å². The van der Waals surface area contributed by atoms with Gasteiger partial charge in [-0.2, -0.15) is 0 Å². The molecule has 0 amide bonds. The number of fused-ring (bicyclic) bond motifs is 3. The average Bonchev–Trinajstić information content (AvgIpc) is 3.37. The zero-order chi connectivity index (χ0) is 27.6. The van der Waals surface area contributed by atoms with Crippen molar-refractivity contribution in [2.75, 3.05) is 0 Å². The van der Waals surface area contributed by atoms with Crippen molar-refractivity contribution >= 4 is 22.6 Å². The Labute approximate surface area is 238 Å². The molecule has 0 fully saturated rings. The quantitative estimate of drug-likeness (QED) is 0.157. The van der Waals surface area contributed by atoms with E-state index in [0.717, 1.165) is 47.4 Å². The maximum atomic E-state index is 5.36. The van der Waals surface area contributed by atoms with E-state index in [2.05, 4.69) is 131 Å². The highest BCUT2D eigenvalue weighted by Gasteiger charge is 2.26. The molecule has 0 N–H and O–H groups in total. The molecule has 0 saturated heterocycles. The Morgan fingerprint density at radius 3 is 2.23 bits per heavy atom. The Morgan fingerprint density at radius 1 is 0.825 bits per heavy atom. The minimum absolute atomic E-state index is 0.944. The zero-order valence-corrected chi connectivity index (χ0v) is 23.7. The second-order valence-electron chi connectivity index (χ2n) is 10.9. The molecule has 0 saturated carbocycles. The number of hydrogen-bond acceptors (Lipinski definition) is 1. The first-order valence-electron chi connectivity index (χ1n) is 14.2. The summed E-state index contributed by atoms with van der Waals surface area (Å²) in [5, 5.41) is 0. The molecule has 1 nitrogen and oxygen atoms in total. The van der Waals surface area contributed by atoms with Gasteiger partial charge in [0.05, 0.1) is 5.70 Å². The fraction of sp³-hybridized carbons (Fsp3) is 0.154. The summed E-state index contributed by atoms with van der Waals surface area (Å²) < 4.78 is 0. The summed E-state index contributed by atoms with van der Waals surface area (Å²) >= 11 is 0. The van der Waals surface area contributed by atoms with Crippen LogP contribution in [0.5, 0.6) is 0 Å². The second-order valence-corrected chi connectivity index (χ2v) is 10.9. The van der Waals surface area contributed by atoms with Gasteiger partial charge in [-0.15, -0.1) is 0 Å². The SMILES string of the molecule is C=C(/C=C(\N=C(C)c1ccccc1)c1cc2c(c(C)c1C1=C(C)CCC=C1)Cc1ccccc1-2)c1ccccc1. The molecule has 196 valence electrons. The van der Waals surface area contributed by atoms with E-state index in [1.165, 1.54) is 50.1 Å². The smallest absolute Gasteiger partial charge is 0.0717 e. The third-order valence-corrected chi connectivity index (χ3v) is 8.30. The standard InChI is InChI=1S/C39H35N/c1-26-15-11-13-21-33(26)39-28(3)35-24-32-20-12-14-22-34(32)36(35)25-37(39)38(23-27(2)30-16-7-5-8-17-30)40-29(4)31-18-9-6-10-19-31/h5-10,12-14,16-23,25H,2,11,15,24H2,1,3-4H3/b38-23-,40-29?. The van der Waals surface area contributed by atoms with Crippen molar-refractivity contribution in [3.8, 4) is 11.1 Å². The average molecular weight is 518 g/mol. The maximum absolute atomic E-state index is 5.36. The number of hydrogen-bond donors (Lipinski definition) is 0. The summed E-state index contributed by atoms with van der Waals surface area (Å²) in [5.74, 6) is 0. The predicted molar refractivity (Wildman–Crippen MR) is 172 cm³/mol. The third kappa shape index (κ3) is 4.84. The second kappa shape index (κ2) is 10.9. The van der Waals surface area contributed by atoms with E-state index in [1.54, 1.807) is 0 Å². The van der Waals surface area contributed by atoms with E-state index in [1.807, 2.05) is 6.07 Å². The first-order chi connectivity index (χ1) is 19.5. The monoisotopic (exact) mass is 517 g/mol. The summed E-state index contributed by atoms with van der Waals surface area (Å²) in [6.45, 7) is 11.2. The summed E-state index contributed by atoms with van der Waals surface area (Å²) in [6.07, 6.45) is 9.98. The van der Waals surface area contributed by atoms with Crippen LogP contribution in [0.2, 0.25) is 0 Å². The van der Waals surface area contributed by atoms with Crippen LogP contribution in [0.4, 0.5) is 0 Å². The Kier molecular flexibility index (Phi) is 7.05. The van der Waals surface area contributed by atoms with Crippen molar-refractivity contribution < 1.29 is 0 Å². The van der Waals surface area contributed by atoms with Gasteiger partial charge in [-0.25, -0.2) is 0 Å². The minimum atomic E-state index is 0.944. The molecule has 0 spiro atoms. The van der Waals surface area contributed by atoms with Gasteiger partial charge in [0.2, 0.25) is 0 Å². The van der Waals surface area contributed by atoms with Crippen molar-refractivity contribution in [3.05, 3.63) is 160 Å². The summed E-state index contributed by atoms with van der Waals surface area (Å²) in [7, 11) is 0. The van der Waals surface area contributed by atoms with Crippen LogP contribution < -0.4 is 0 Å². The molecule has 0 bridgehead atoms. The van der Waals surface area contributed by atoms with Crippen LogP contribution in [0, 0.1) is 6.92 Å². The van der Waals surface area contributed by atoms with Crippen molar-refractivity contribution in [2.45, 2.75) is 40.0 Å². The van der Waals surface area contributed by atoms with E-state index in [4.69, 9.17) is 4.99 Å². The molecule has 0 unspecified atom stereocenters. The molecular weight excluding hydrogens is 482 g/mol. The Hall–Kier alpha value is -4.49. The van der Waals surface area contributed by atoms with Crippen LogP contribution in [0.3, 0.4) is 0 Å². The number of rotatable bonds is 6. The van der Waals surface area contributed by atoms with E-state index < -0.39 is 0 Å². The Morgan fingerprint density at radius 2 is 1.50 bits per heavy atom. The highest BCUT2D eigenvalue weighted by molar-refractivity contribution is 6.04. The molecule has 40 heavy (non-hydrogen) atoms. The molecule has 1 heteroatoms. The summed E-state index contributed by atoms with van der Waals surface area (Å²) in [6, 6.07) is 32.1. The predicted octanol–water partition coefficient (Wildman–Crippen LogP) is 10.3. The van der Waals surface area contributed by atoms with E-state index >= 15 is 0 Å². The molecule has 4 aromatic rings. The summed E-state index contributed by atoms with van der Waals surface area (Å²) in [5.41, 5.74) is 17.2. The lowest BCUT2D eigenvalue weighted by Gasteiger charge is -2.22. The lowest BCUT2D eigenvalue weighted by molar-refractivity contribution is 0.966. The number of nitrogens with zero attached hydrogens (tertiary/aromatic N) is 1. The van der Waals surface area contributed by atoms with Crippen molar-refractivity contribution in [1.29, 1.82) is 0 Å². The normalized spacial score (nSPS) is 14.8. The molecule has 0 radical (unpaired) electrons. The molecule has 0 aromatic heterocycles. The van der Waals surface area contributed by atoms with Gasteiger partial charge in [-0.05, 0) is 108 Å². The Bertz CT molecular complexity index is 1730. The first kappa shape index (κ1) is 25.8. The third-order valence-electron chi connectivity index (χ3n) is 8.30. The number of benzene rings is 4. The van der Waals surface area contributed by atoms with Gasteiger partial charge in [0.1, 0.15) is 0 Å². The number of allylic oxidation sites excluding steroid dienone is 6. The lowest BCUT2D eigenvalue weighted by atomic mass is 9.83. The molecule has 0 atom stereocenters. The largest absolute Gasteiger partial charge is 0.252 e. The van der Waals surface area contributed by atoms with Gasteiger partial charge in [0, 0.05) is 11.3 Å². The highest BCUT2D eigenvalue weighted by atomic mass is 14.8. The van der Waals surface area contributed by atoms with Gasteiger partial charge in [0.25, 0.3) is 0 Å². The van der Waals surface area contributed by atoms with E-state index in [0.29, 0.717) is 0 Å². The minimum Gasteiger partial charge on any atom is -0.252 e. The fourth-order valence-corrected chi connectivity index (χ4v) is 6.07. The van der Waals surface area contributed by atoms with Crippen LogP contribution in [0.15, 0.2) is 126 Å². The molecule has 0 aliphatic heterocycles. The summed E-state index contributed by atoms with van der Waals surface area (Å²) in [4.78, 5) is 5.36. The maximum Gasteiger partial charge on any atom is 0.0717 e. The molecular formula is C39H35N. The van der Waals surface area contributed by atoms with Crippen molar-refractivity contribution in [1.82, 2.24) is 0 Å². The van der Waals surface area contributed by atoms with Gasteiger partial charge in [-0.3, -0.25) is 4.99 Å². The fourth-order valence-electron chi connectivity index (χ4n) is 6.07. The molecule has 4 aromatic carbocycles. The van der Waals surface area contributed by atoms with Gasteiger partial charge < -0.3 is 0 Å². The topological polar surface area (TPSA) is 12.4 Å². The van der Waals surface area contributed by atoms with Crippen LogP contribution in [-0.2, 0) is 6.42 Å². The molecule has 6 rings (SSSR count). The number of aliphatic imine (C=N–C) groups is 1. The van der Waals surface area contributed by atoms with Crippen molar-refractivity contribution in [2.24, 2.45) is 4.99 Å². The highest BCUT2D eigenvalue weighted by Crippen LogP contribution is 2.45. The Balaban J connectivity index is 1.64. The molecule has 2 aliphatic rings. The zero-order valence-electron chi connectivity index (χ0n) is 23.7. The van der Waals surface area contributed by atoms with Crippen LogP contribution >= 0.6 is 0 Å². The van der Waals surface area contributed by atoms with Crippen LogP contribution in [0.25, 0.3) is 28.0 Å². The van der Waals surface area contributed by atoms with Crippen molar-refractivity contribution in [3.63, 3.8) is 0 Å². The first-order valence-corrected chi connectivity index (χ1v) is 14.2. The lowest BCUT2D eigenvalue weighted by Crippen LogP contribution is -2.04. The molecule has 0 heterocycles. The molecule has 2 aliphatic carbocycles. The van der Waals surface area contributed by atoms with Crippen LogP contribution in [0.1, 0.15) is 65.6 Å². The van der Waals surface area contributed by atoms with Gasteiger partial charge in [0.15, 0.2) is 0 Å². The van der Waals surface area contributed by atoms with Gasteiger partial charge in [-0.1, -0.05) is 109 Å². The van der Waals surface area contributed by atoms with E-state index in [9.17, 15) is 0 Å². The van der Waals surface area contributed by atoms with Crippen LogP contribution in [-0.4, -0.2) is 5.71 Å². The van der Waals surface area contributed by atoms with Gasteiger partial charge >= 0.3 is 0 Å².